The number of furan rings is 1. The van der Waals surface area contributed by atoms with Gasteiger partial charge in [0.1, 0.15) is 6.26 Å². The Morgan fingerprint density at radius 2 is 2.00 bits per heavy atom. The standard InChI is InChI=1S/C13H18N2O7S/c1-8-5-15(6-10(22-8)13(17)18)12(16)9-4-11(21-7-9)23(19,20)14(2)3/h4,7-8,10H,5-6H2,1-3H3,(H,17,18)/t8-,10?/m1/s1. The van der Waals surface area contributed by atoms with Gasteiger partial charge in [-0.25, -0.2) is 17.5 Å². The smallest absolute Gasteiger partial charge is 0.334 e. The summed E-state index contributed by atoms with van der Waals surface area (Å²) in [5.74, 6) is -1.66. The van der Waals surface area contributed by atoms with E-state index in [1.807, 2.05) is 0 Å². The van der Waals surface area contributed by atoms with Crippen LogP contribution in [0.2, 0.25) is 0 Å². The van der Waals surface area contributed by atoms with E-state index >= 15 is 0 Å². The Balaban J connectivity index is 2.21. The third-order valence-electron chi connectivity index (χ3n) is 3.38. The van der Waals surface area contributed by atoms with Crippen LogP contribution in [0, 0.1) is 0 Å². The molecular formula is C13H18N2O7S. The Hall–Kier alpha value is -1.91. The van der Waals surface area contributed by atoms with Crippen LogP contribution in [0.3, 0.4) is 0 Å². The molecule has 2 atom stereocenters. The molecule has 0 aromatic carbocycles. The molecule has 128 valence electrons. The van der Waals surface area contributed by atoms with E-state index in [1.54, 1.807) is 6.92 Å². The minimum Gasteiger partial charge on any atom is -0.479 e. The molecule has 1 aromatic heterocycles. The van der Waals surface area contributed by atoms with Crippen molar-refractivity contribution in [3.8, 4) is 0 Å². The lowest BCUT2D eigenvalue weighted by Gasteiger charge is -2.34. The van der Waals surface area contributed by atoms with Crippen LogP contribution in [-0.4, -0.2) is 74.0 Å². The van der Waals surface area contributed by atoms with Crippen molar-refractivity contribution in [1.29, 1.82) is 0 Å². The third kappa shape index (κ3) is 3.54. The zero-order valence-corrected chi connectivity index (χ0v) is 13.7. The van der Waals surface area contributed by atoms with E-state index in [2.05, 4.69) is 0 Å². The zero-order valence-electron chi connectivity index (χ0n) is 12.9. The summed E-state index contributed by atoms with van der Waals surface area (Å²) in [6.07, 6.45) is -0.500. The number of amides is 1. The van der Waals surface area contributed by atoms with Gasteiger partial charge in [0.2, 0.25) is 5.09 Å². The number of ether oxygens (including phenoxy) is 1. The molecular weight excluding hydrogens is 328 g/mol. The minimum atomic E-state index is -3.78. The van der Waals surface area contributed by atoms with Crippen LogP contribution in [0.5, 0.6) is 0 Å². The number of carboxylic acids is 1. The van der Waals surface area contributed by atoms with Crippen molar-refractivity contribution < 1.29 is 32.3 Å². The van der Waals surface area contributed by atoms with Crippen LogP contribution < -0.4 is 0 Å². The Kier molecular flexibility index (Phi) is 4.78. The molecule has 1 fully saturated rings. The van der Waals surface area contributed by atoms with Gasteiger partial charge in [-0.05, 0) is 6.92 Å². The summed E-state index contributed by atoms with van der Waals surface area (Å²) in [6, 6.07) is 1.13. The molecule has 1 aliphatic rings. The molecule has 1 amide bonds. The van der Waals surface area contributed by atoms with Crippen LogP contribution in [0.1, 0.15) is 17.3 Å². The van der Waals surface area contributed by atoms with E-state index in [9.17, 15) is 18.0 Å². The number of hydrogen-bond donors (Lipinski definition) is 1. The Bertz CT molecular complexity index is 710. The molecule has 1 aliphatic heterocycles. The number of hydrogen-bond acceptors (Lipinski definition) is 6. The fourth-order valence-electron chi connectivity index (χ4n) is 2.18. The SMILES string of the molecule is C[C@@H]1CN(C(=O)c2coc(S(=O)(=O)N(C)C)c2)CC(C(=O)O)O1. The van der Waals surface area contributed by atoms with Crippen LogP contribution in [0.15, 0.2) is 21.8 Å². The first-order valence-corrected chi connectivity index (χ1v) is 8.25. The van der Waals surface area contributed by atoms with Gasteiger partial charge in [-0.2, -0.15) is 0 Å². The highest BCUT2D eigenvalue weighted by Crippen LogP contribution is 2.20. The topological polar surface area (TPSA) is 117 Å². The summed E-state index contributed by atoms with van der Waals surface area (Å²) in [6.45, 7) is 1.76. The number of rotatable bonds is 4. The lowest BCUT2D eigenvalue weighted by atomic mass is 10.2. The van der Waals surface area contributed by atoms with E-state index in [1.165, 1.54) is 19.0 Å². The number of carbonyl (C=O) groups excluding carboxylic acids is 1. The Morgan fingerprint density at radius 3 is 2.57 bits per heavy atom. The highest BCUT2D eigenvalue weighted by atomic mass is 32.2. The molecule has 2 heterocycles. The van der Waals surface area contributed by atoms with Crippen molar-refractivity contribution in [2.24, 2.45) is 0 Å². The second-order valence-corrected chi connectivity index (χ2v) is 7.51. The Labute approximate surface area is 133 Å². The molecule has 23 heavy (non-hydrogen) atoms. The summed E-state index contributed by atoms with van der Waals surface area (Å²) < 4.78 is 35.1. The van der Waals surface area contributed by atoms with E-state index in [4.69, 9.17) is 14.3 Å². The minimum absolute atomic E-state index is 0.0451. The van der Waals surface area contributed by atoms with Crippen LogP contribution >= 0.6 is 0 Å². The monoisotopic (exact) mass is 346 g/mol. The van der Waals surface area contributed by atoms with Crippen molar-refractivity contribution in [1.82, 2.24) is 9.21 Å². The molecule has 0 saturated carbocycles. The predicted molar refractivity (Wildman–Crippen MR) is 77.5 cm³/mol. The summed E-state index contributed by atoms with van der Waals surface area (Å²) in [5.41, 5.74) is 0.0451. The molecule has 0 radical (unpaired) electrons. The fraction of sp³-hybridized carbons (Fsp3) is 0.538. The first-order valence-electron chi connectivity index (χ1n) is 6.81. The predicted octanol–water partition coefficient (Wildman–Crippen LogP) is -0.156. The van der Waals surface area contributed by atoms with Gasteiger partial charge in [0.05, 0.1) is 18.2 Å². The van der Waals surface area contributed by atoms with Crippen LogP contribution in [-0.2, 0) is 19.6 Å². The van der Waals surface area contributed by atoms with Gasteiger partial charge in [-0.3, -0.25) is 4.79 Å². The number of carbonyl (C=O) groups is 2. The lowest BCUT2D eigenvalue weighted by Crippen LogP contribution is -2.51. The fourth-order valence-corrected chi connectivity index (χ4v) is 2.99. The number of morpholine rings is 1. The number of nitrogens with zero attached hydrogens (tertiary/aromatic N) is 2. The van der Waals surface area contributed by atoms with E-state index < -0.39 is 34.1 Å². The maximum absolute atomic E-state index is 12.4. The van der Waals surface area contributed by atoms with Gasteiger partial charge < -0.3 is 19.2 Å². The zero-order chi connectivity index (χ0) is 17.4. The van der Waals surface area contributed by atoms with Gasteiger partial charge in [0.25, 0.3) is 15.9 Å². The molecule has 10 heteroatoms. The van der Waals surface area contributed by atoms with Crippen molar-refractivity contribution in [3.63, 3.8) is 0 Å². The van der Waals surface area contributed by atoms with Crippen LogP contribution in [0.4, 0.5) is 0 Å². The Morgan fingerprint density at radius 1 is 1.35 bits per heavy atom. The molecule has 0 spiro atoms. The maximum Gasteiger partial charge on any atom is 0.334 e. The summed E-state index contributed by atoms with van der Waals surface area (Å²) in [4.78, 5) is 24.8. The molecule has 2 rings (SSSR count). The molecule has 1 saturated heterocycles. The average molecular weight is 346 g/mol. The van der Waals surface area contributed by atoms with E-state index in [-0.39, 0.29) is 23.7 Å². The maximum atomic E-state index is 12.4. The second-order valence-electron chi connectivity index (χ2n) is 5.43. The highest BCUT2D eigenvalue weighted by molar-refractivity contribution is 7.88. The number of sulfonamides is 1. The van der Waals surface area contributed by atoms with Crippen LogP contribution in [0.25, 0.3) is 0 Å². The van der Waals surface area contributed by atoms with Gasteiger partial charge in [-0.1, -0.05) is 0 Å². The highest BCUT2D eigenvalue weighted by Gasteiger charge is 2.34. The van der Waals surface area contributed by atoms with Gasteiger partial charge in [0.15, 0.2) is 6.10 Å². The first-order chi connectivity index (χ1) is 10.6. The largest absolute Gasteiger partial charge is 0.479 e. The van der Waals surface area contributed by atoms with E-state index in [0.717, 1.165) is 16.6 Å². The van der Waals surface area contributed by atoms with Gasteiger partial charge >= 0.3 is 5.97 Å². The van der Waals surface area contributed by atoms with Crippen molar-refractivity contribution in [3.05, 3.63) is 17.9 Å². The van der Waals surface area contributed by atoms with E-state index in [0.29, 0.717) is 0 Å². The van der Waals surface area contributed by atoms with Gasteiger partial charge in [0, 0.05) is 26.7 Å². The molecule has 1 unspecified atom stereocenters. The lowest BCUT2D eigenvalue weighted by molar-refractivity contribution is -0.160. The van der Waals surface area contributed by atoms with Crippen molar-refractivity contribution in [2.45, 2.75) is 24.2 Å². The molecule has 9 nitrogen and oxygen atoms in total. The number of aliphatic carboxylic acids is 1. The number of carboxylic acid groups (broad SMARTS) is 1. The quantitative estimate of drug-likeness (QED) is 0.805. The normalized spacial score (nSPS) is 22.3. The average Bonchev–Trinajstić information content (AvgIpc) is 2.95. The summed E-state index contributed by atoms with van der Waals surface area (Å²) >= 11 is 0. The molecule has 1 aromatic rings. The first kappa shape index (κ1) is 17.4. The van der Waals surface area contributed by atoms with Crippen molar-refractivity contribution in [2.75, 3.05) is 27.2 Å². The molecule has 1 N–H and O–H groups in total. The third-order valence-corrected chi connectivity index (χ3v) is 5.06. The second kappa shape index (κ2) is 6.30. The van der Waals surface area contributed by atoms with Crippen molar-refractivity contribution >= 4 is 21.9 Å². The molecule has 0 aliphatic carbocycles. The summed E-state index contributed by atoms with van der Waals surface area (Å²) in [7, 11) is -1.08. The summed E-state index contributed by atoms with van der Waals surface area (Å²) in [5, 5.41) is 8.69. The molecule has 0 bridgehead atoms. The van der Waals surface area contributed by atoms with Gasteiger partial charge in [-0.15, -0.1) is 0 Å².